The highest BCUT2D eigenvalue weighted by Gasteiger charge is 2.12. The molecule has 0 saturated heterocycles. The summed E-state index contributed by atoms with van der Waals surface area (Å²) in [6.45, 7) is 6.06. The Morgan fingerprint density at radius 2 is 2.06 bits per heavy atom. The molecule has 0 saturated carbocycles. The average molecular weight is 217 g/mol. The third-order valence-electron chi connectivity index (χ3n) is 3.13. The summed E-state index contributed by atoms with van der Waals surface area (Å²) in [6, 6.07) is 3.50. The van der Waals surface area contributed by atoms with Gasteiger partial charge in [0.05, 0.1) is 5.56 Å². The number of rotatable bonds is 2. The van der Waals surface area contributed by atoms with Gasteiger partial charge in [-0.1, -0.05) is 6.92 Å². The minimum absolute atomic E-state index is 0.367. The first-order chi connectivity index (χ1) is 7.54. The van der Waals surface area contributed by atoms with Crippen LogP contribution in [0.15, 0.2) is 12.1 Å². The second kappa shape index (κ2) is 3.67. The number of aromatic nitrogens is 1. The second-order valence-electron chi connectivity index (χ2n) is 4.09. The maximum absolute atomic E-state index is 11.0. The van der Waals surface area contributed by atoms with Crippen LogP contribution in [0.25, 0.3) is 10.9 Å². The maximum Gasteiger partial charge on any atom is 0.335 e. The molecule has 0 radical (unpaired) electrons. The molecule has 1 aromatic carbocycles. The lowest BCUT2D eigenvalue weighted by atomic mass is 10.0. The van der Waals surface area contributed by atoms with Crippen molar-refractivity contribution in [2.75, 3.05) is 0 Å². The number of hydrogen-bond acceptors (Lipinski definition) is 1. The van der Waals surface area contributed by atoms with E-state index in [1.807, 2.05) is 20.8 Å². The van der Waals surface area contributed by atoms with Gasteiger partial charge in [0.2, 0.25) is 0 Å². The SMILES string of the molecule is CCc1cc(C(=O)O)cc2c(C)c(C)[nH]c12. The number of carboxylic acids is 1. The number of nitrogens with one attached hydrogen (secondary N) is 1. The molecule has 0 aliphatic carbocycles. The highest BCUT2D eigenvalue weighted by atomic mass is 16.4. The Kier molecular flexibility index (Phi) is 2.46. The normalized spacial score (nSPS) is 10.9. The van der Waals surface area contributed by atoms with E-state index in [-0.39, 0.29) is 0 Å². The van der Waals surface area contributed by atoms with Crippen LogP contribution in [0, 0.1) is 13.8 Å². The average Bonchev–Trinajstić information content (AvgIpc) is 2.54. The summed E-state index contributed by atoms with van der Waals surface area (Å²) in [6.07, 6.45) is 0.830. The van der Waals surface area contributed by atoms with Gasteiger partial charge in [0.15, 0.2) is 0 Å². The Labute approximate surface area is 94.1 Å². The number of hydrogen-bond donors (Lipinski definition) is 2. The van der Waals surface area contributed by atoms with Crippen molar-refractivity contribution in [2.45, 2.75) is 27.2 Å². The van der Waals surface area contributed by atoms with Crippen molar-refractivity contribution >= 4 is 16.9 Å². The van der Waals surface area contributed by atoms with E-state index >= 15 is 0 Å². The third-order valence-corrected chi connectivity index (χ3v) is 3.13. The summed E-state index contributed by atoms with van der Waals surface area (Å²) in [4.78, 5) is 14.3. The van der Waals surface area contributed by atoms with Crippen LogP contribution in [0.5, 0.6) is 0 Å². The molecule has 0 amide bonds. The number of benzene rings is 1. The Morgan fingerprint density at radius 3 is 2.62 bits per heavy atom. The Bertz CT molecular complexity index is 567. The lowest BCUT2D eigenvalue weighted by molar-refractivity contribution is 0.0697. The van der Waals surface area contributed by atoms with Crippen molar-refractivity contribution in [3.63, 3.8) is 0 Å². The van der Waals surface area contributed by atoms with Gasteiger partial charge in [-0.15, -0.1) is 0 Å². The van der Waals surface area contributed by atoms with Crippen LogP contribution in [0.4, 0.5) is 0 Å². The summed E-state index contributed by atoms with van der Waals surface area (Å²) in [5, 5.41) is 10.1. The Hall–Kier alpha value is -1.77. The van der Waals surface area contributed by atoms with Crippen LogP contribution in [0.3, 0.4) is 0 Å². The largest absolute Gasteiger partial charge is 0.478 e. The van der Waals surface area contributed by atoms with Gasteiger partial charge in [-0.05, 0) is 43.5 Å². The lowest BCUT2D eigenvalue weighted by Gasteiger charge is -2.03. The van der Waals surface area contributed by atoms with Crippen LogP contribution < -0.4 is 0 Å². The zero-order valence-electron chi connectivity index (χ0n) is 9.72. The van der Waals surface area contributed by atoms with E-state index in [2.05, 4.69) is 4.98 Å². The molecule has 0 bridgehead atoms. The third kappa shape index (κ3) is 1.48. The van der Waals surface area contributed by atoms with Crippen LogP contribution in [-0.2, 0) is 6.42 Å². The standard InChI is InChI=1S/C13H15NO2/c1-4-9-5-10(13(15)16)6-11-7(2)8(3)14-12(9)11/h5-6,14H,4H2,1-3H3,(H,15,16). The summed E-state index contributed by atoms with van der Waals surface area (Å²) < 4.78 is 0. The molecule has 2 rings (SSSR count). The van der Waals surface area contributed by atoms with Crippen molar-refractivity contribution in [1.29, 1.82) is 0 Å². The first-order valence-corrected chi connectivity index (χ1v) is 5.39. The summed E-state index contributed by atoms with van der Waals surface area (Å²) >= 11 is 0. The molecular formula is C13H15NO2. The molecule has 3 heteroatoms. The van der Waals surface area contributed by atoms with E-state index in [1.165, 1.54) is 0 Å². The van der Waals surface area contributed by atoms with Gasteiger partial charge >= 0.3 is 5.97 Å². The Morgan fingerprint density at radius 1 is 1.38 bits per heavy atom. The van der Waals surface area contributed by atoms with E-state index in [9.17, 15) is 4.79 Å². The molecule has 1 aromatic heterocycles. The molecule has 2 aromatic rings. The van der Waals surface area contributed by atoms with Gasteiger partial charge in [-0.3, -0.25) is 0 Å². The van der Waals surface area contributed by atoms with Gasteiger partial charge < -0.3 is 10.1 Å². The molecule has 3 nitrogen and oxygen atoms in total. The molecule has 84 valence electrons. The molecule has 1 heterocycles. The predicted molar refractivity (Wildman–Crippen MR) is 64.1 cm³/mol. The number of H-pyrrole nitrogens is 1. The lowest BCUT2D eigenvalue weighted by Crippen LogP contribution is -1.98. The van der Waals surface area contributed by atoms with Crippen molar-refractivity contribution in [3.05, 3.63) is 34.5 Å². The van der Waals surface area contributed by atoms with Crippen molar-refractivity contribution in [1.82, 2.24) is 4.98 Å². The van der Waals surface area contributed by atoms with Crippen LogP contribution in [0.2, 0.25) is 0 Å². The fourth-order valence-corrected chi connectivity index (χ4v) is 2.03. The summed E-state index contributed by atoms with van der Waals surface area (Å²) in [7, 11) is 0. The number of carbonyl (C=O) groups is 1. The van der Waals surface area contributed by atoms with E-state index in [0.29, 0.717) is 5.56 Å². The molecule has 0 aliphatic rings. The van der Waals surface area contributed by atoms with E-state index in [0.717, 1.165) is 34.1 Å². The molecule has 0 unspecified atom stereocenters. The van der Waals surface area contributed by atoms with E-state index in [1.54, 1.807) is 12.1 Å². The fourth-order valence-electron chi connectivity index (χ4n) is 2.03. The highest BCUT2D eigenvalue weighted by Crippen LogP contribution is 2.26. The quantitative estimate of drug-likeness (QED) is 0.812. The molecule has 16 heavy (non-hydrogen) atoms. The molecular weight excluding hydrogens is 202 g/mol. The predicted octanol–water partition coefficient (Wildman–Crippen LogP) is 3.05. The Balaban J connectivity index is 2.84. The number of fused-ring (bicyclic) bond motifs is 1. The van der Waals surface area contributed by atoms with Crippen molar-refractivity contribution < 1.29 is 9.90 Å². The molecule has 2 N–H and O–H groups in total. The van der Waals surface area contributed by atoms with Crippen molar-refractivity contribution in [2.24, 2.45) is 0 Å². The molecule has 0 aliphatic heterocycles. The monoisotopic (exact) mass is 217 g/mol. The van der Waals surface area contributed by atoms with Gasteiger partial charge in [-0.2, -0.15) is 0 Å². The van der Waals surface area contributed by atoms with Gasteiger partial charge in [-0.25, -0.2) is 4.79 Å². The second-order valence-corrected chi connectivity index (χ2v) is 4.09. The summed E-state index contributed by atoms with van der Waals surface area (Å²) in [5.74, 6) is -0.866. The first kappa shape index (κ1) is 10.7. The van der Waals surface area contributed by atoms with E-state index in [4.69, 9.17) is 5.11 Å². The summed E-state index contributed by atoms with van der Waals surface area (Å²) in [5.41, 5.74) is 4.74. The zero-order valence-corrected chi connectivity index (χ0v) is 9.72. The minimum atomic E-state index is -0.866. The smallest absolute Gasteiger partial charge is 0.335 e. The fraction of sp³-hybridized carbons (Fsp3) is 0.308. The topological polar surface area (TPSA) is 53.1 Å². The van der Waals surface area contributed by atoms with Gasteiger partial charge in [0, 0.05) is 16.6 Å². The number of aryl methyl sites for hydroxylation is 3. The van der Waals surface area contributed by atoms with Crippen LogP contribution in [-0.4, -0.2) is 16.1 Å². The highest BCUT2D eigenvalue weighted by molar-refractivity contribution is 5.96. The van der Waals surface area contributed by atoms with Crippen LogP contribution in [0.1, 0.15) is 34.1 Å². The number of aromatic amines is 1. The zero-order chi connectivity index (χ0) is 11.9. The van der Waals surface area contributed by atoms with Gasteiger partial charge in [0.25, 0.3) is 0 Å². The minimum Gasteiger partial charge on any atom is -0.478 e. The first-order valence-electron chi connectivity index (χ1n) is 5.39. The number of aromatic carboxylic acids is 1. The molecule has 0 fully saturated rings. The van der Waals surface area contributed by atoms with Crippen molar-refractivity contribution in [3.8, 4) is 0 Å². The molecule has 0 atom stereocenters. The maximum atomic E-state index is 11.0. The van der Waals surface area contributed by atoms with Crippen LogP contribution >= 0.6 is 0 Å². The molecule has 0 spiro atoms. The van der Waals surface area contributed by atoms with E-state index < -0.39 is 5.97 Å². The van der Waals surface area contributed by atoms with Gasteiger partial charge in [0.1, 0.15) is 0 Å². The number of carboxylic acid groups (broad SMARTS) is 1.